The lowest BCUT2D eigenvalue weighted by atomic mass is 10.0. The minimum absolute atomic E-state index is 0.0764. The maximum atomic E-state index is 12.8. The van der Waals surface area contributed by atoms with Crippen LogP contribution in [0.15, 0.2) is 60.8 Å². The smallest absolute Gasteiger partial charge is 0.306 e. The first-order chi connectivity index (χ1) is 33.0. The Hall–Kier alpha value is -2.89. The van der Waals surface area contributed by atoms with Gasteiger partial charge in [0.1, 0.15) is 13.2 Å². The summed E-state index contributed by atoms with van der Waals surface area (Å²) in [5.74, 6) is -0.879. The van der Waals surface area contributed by atoms with Gasteiger partial charge in [0.25, 0.3) is 0 Å². The minimum Gasteiger partial charge on any atom is -0.462 e. The number of unbranched alkanes of at least 4 members (excludes halogenated alkanes) is 31. The van der Waals surface area contributed by atoms with Crippen molar-refractivity contribution in [3.05, 3.63) is 60.8 Å². The lowest BCUT2D eigenvalue weighted by Gasteiger charge is -2.18. The Balaban J connectivity index is 4.26. The van der Waals surface area contributed by atoms with Crippen molar-refractivity contribution in [3.8, 4) is 0 Å². The molecule has 0 bridgehead atoms. The Morgan fingerprint density at radius 2 is 0.612 bits per heavy atom. The summed E-state index contributed by atoms with van der Waals surface area (Å²) in [6.45, 7) is 6.48. The summed E-state index contributed by atoms with van der Waals surface area (Å²) < 4.78 is 16.8. The van der Waals surface area contributed by atoms with Gasteiger partial charge >= 0.3 is 17.9 Å². The summed E-state index contributed by atoms with van der Waals surface area (Å²) in [4.78, 5) is 38.1. The van der Waals surface area contributed by atoms with Gasteiger partial charge in [-0.1, -0.05) is 255 Å². The molecule has 0 saturated heterocycles. The van der Waals surface area contributed by atoms with E-state index in [4.69, 9.17) is 14.2 Å². The lowest BCUT2D eigenvalue weighted by molar-refractivity contribution is -0.167. The topological polar surface area (TPSA) is 78.9 Å². The van der Waals surface area contributed by atoms with Gasteiger partial charge < -0.3 is 14.2 Å². The average molecular weight is 938 g/mol. The molecule has 1 atom stereocenters. The van der Waals surface area contributed by atoms with Gasteiger partial charge in [0.2, 0.25) is 0 Å². The first-order valence-corrected chi connectivity index (χ1v) is 28.8. The molecule has 1 unspecified atom stereocenters. The van der Waals surface area contributed by atoms with Gasteiger partial charge in [0, 0.05) is 19.3 Å². The van der Waals surface area contributed by atoms with Gasteiger partial charge in [-0.15, -0.1) is 0 Å². The van der Waals surface area contributed by atoms with Crippen molar-refractivity contribution in [1.82, 2.24) is 0 Å². The van der Waals surface area contributed by atoms with E-state index in [1.165, 1.54) is 154 Å². The molecule has 0 N–H and O–H groups in total. The molecule has 0 heterocycles. The average Bonchev–Trinajstić information content (AvgIpc) is 3.33. The van der Waals surface area contributed by atoms with Gasteiger partial charge in [-0.2, -0.15) is 0 Å². The fourth-order valence-electron chi connectivity index (χ4n) is 8.20. The van der Waals surface area contributed by atoms with Crippen LogP contribution in [0.3, 0.4) is 0 Å². The molecule has 0 amide bonds. The summed E-state index contributed by atoms with van der Waals surface area (Å²) in [6, 6.07) is 0. The summed E-state index contributed by atoms with van der Waals surface area (Å²) in [7, 11) is 0. The second kappa shape index (κ2) is 55.7. The highest BCUT2D eigenvalue weighted by atomic mass is 16.6. The molecule has 0 spiro atoms. The van der Waals surface area contributed by atoms with E-state index < -0.39 is 6.10 Å². The number of hydrogen-bond acceptors (Lipinski definition) is 6. The highest BCUT2D eigenvalue weighted by Gasteiger charge is 2.19. The van der Waals surface area contributed by atoms with Crippen molar-refractivity contribution in [1.29, 1.82) is 0 Å². The third-order valence-electron chi connectivity index (χ3n) is 12.5. The minimum atomic E-state index is -0.776. The fraction of sp³-hybridized carbons (Fsp3) is 0.787. The van der Waals surface area contributed by atoms with Gasteiger partial charge in [-0.05, 0) is 77.0 Å². The molecule has 0 aromatic rings. The van der Waals surface area contributed by atoms with Gasteiger partial charge in [-0.3, -0.25) is 14.4 Å². The molecule has 6 heteroatoms. The van der Waals surface area contributed by atoms with Crippen molar-refractivity contribution in [2.45, 2.75) is 297 Å². The normalized spacial score (nSPS) is 12.5. The van der Waals surface area contributed by atoms with Crippen LogP contribution in [-0.4, -0.2) is 37.2 Å². The molecule has 6 nitrogen and oxygen atoms in total. The molecule has 67 heavy (non-hydrogen) atoms. The van der Waals surface area contributed by atoms with Crippen LogP contribution in [-0.2, 0) is 28.6 Å². The first kappa shape index (κ1) is 64.1. The van der Waals surface area contributed by atoms with E-state index in [1.807, 2.05) is 0 Å². The molecule has 0 rings (SSSR count). The summed E-state index contributed by atoms with van der Waals surface area (Å²) in [6.07, 6.45) is 69.3. The predicted octanol–water partition coefficient (Wildman–Crippen LogP) is 19.2. The number of carbonyl (C=O) groups is 3. The van der Waals surface area contributed by atoms with Crippen molar-refractivity contribution < 1.29 is 28.6 Å². The van der Waals surface area contributed by atoms with Crippen molar-refractivity contribution in [2.24, 2.45) is 0 Å². The predicted molar refractivity (Wildman–Crippen MR) is 288 cm³/mol. The van der Waals surface area contributed by atoms with Crippen LogP contribution in [0.1, 0.15) is 290 Å². The highest BCUT2D eigenvalue weighted by Crippen LogP contribution is 2.16. The number of hydrogen-bond donors (Lipinski definition) is 0. The Kier molecular flexibility index (Phi) is 53.3. The largest absolute Gasteiger partial charge is 0.462 e. The van der Waals surface area contributed by atoms with Crippen LogP contribution >= 0.6 is 0 Å². The van der Waals surface area contributed by atoms with Gasteiger partial charge in [0.15, 0.2) is 6.10 Å². The Morgan fingerprint density at radius 1 is 0.313 bits per heavy atom. The first-order valence-electron chi connectivity index (χ1n) is 28.8. The van der Waals surface area contributed by atoms with Crippen LogP contribution in [0.2, 0.25) is 0 Å². The number of allylic oxidation sites excluding steroid dienone is 10. The van der Waals surface area contributed by atoms with Crippen LogP contribution in [0, 0.1) is 0 Å². The molecule has 0 radical (unpaired) electrons. The number of rotatable bonds is 52. The number of carbonyl (C=O) groups excluding carboxylic acids is 3. The monoisotopic (exact) mass is 937 g/mol. The van der Waals surface area contributed by atoms with E-state index in [2.05, 4.69) is 81.5 Å². The summed E-state index contributed by atoms with van der Waals surface area (Å²) >= 11 is 0. The summed E-state index contributed by atoms with van der Waals surface area (Å²) in [5, 5.41) is 0. The number of ether oxygens (including phenoxy) is 3. The van der Waals surface area contributed by atoms with E-state index in [-0.39, 0.29) is 31.1 Å². The molecular formula is C61H108O6. The molecule has 0 aromatic carbocycles. The van der Waals surface area contributed by atoms with Crippen molar-refractivity contribution >= 4 is 17.9 Å². The Morgan fingerprint density at radius 3 is 0.985 bits per heavy atom. The van der Waals surface area contributed by atoms with Crippen molar-refractivity contribution in [3.63, 3.8) is 0 Å². The SMILES string of the molecule is CC/C=C\C/C=C\C/C=C\C/C=C\CCCCCCCCCCCCC(=O)OCC(COC(=O)CCCCCCC/C=C\CCC)OC(=O)CCCCCCCCCCCCCCCCCC. The Labute approximate surface area is 415 Å². The van der Waals surface area contributed by atoms with Gasteiger partial charge in [-0.25, -0.2) is 0 Å². The third-order valence-corrected chi connectivity index (χ3v) is 12.5. The second-order valence-electron chi connectivity index (χ2n) is 19.2. The molecule has 0 saturated carbocycles. The zero-order chi connectivity index (χ0) is 48.6. The molecule has 0 aliphatic carbocycles. The zero-order valence-corrected chi connectivity index (χ0v) is 44.4. The van der Waals surface area contributed by atoms with E-state index in [0.717, 1.165) is 96.3 Å². The van der Waals surface area contributed by atoms with E-state index in [1.54, 1.807) is 0 Å². The maximum Gasteiger partial charge on any atom is 0.306 e. The fourth-order valence-corrected chi connectivity index (χ4v) is 8.20. The molecule has 0 fully saturated rings. The summed E-state index contributed by atoms with van der Waals surface area (Å²) in [5.41, 5.74) is 0. The van der Waals surface area contributed by atoms with E-state index >= 15 is 0 Å². The highest BCUT2D eigenvalue weighted by molar-refractivity contribution is 5.71. The Bertz CT molecular complexity index is 1210. The van der Waals surface area contributed by atoms with E-state index in [9.17, 15) is 14.4 Å². The van der Waals surface area contributed by atoms with Crippen LogP contribution in [0.25, 0.3) is 0 Å². The van der Waals surface area contributed by atoms with Crippen LogP contribution < -0.4 is 0 Å². The molecule has 0 aromatic heterocycles. The molecule has 388 valence electrons. The molecule has 0 aliphatic heterocycles. The van der Waals surface area contributed by atoms with Gasteiger partial charge in [0.05, 0.1) is 0 Å². The number of esters is 3. The second-order valence-corrected chi connectivity index (χ2v) is 19.2. The maximum absolute atomic E-state index is 12.8. The molecule has 0 aliphatic rings. The molecular weight excluding hydrogens is 829 g/mol. The lowest BCUT2D eigenvalue weighted by Crippen LogP contribution is -2.30. The standard InChI is InChI=1S/C61H108O6/c1-4-7-10-13-16-19-22-24-26-28-29-30-31-32-33-34-36-37-39-42-45-48-51-54-60(63)66-57-58(56-65-59(62)53-50-47-44-41-21-18-15-12-9-6-3)67-61(64)55-52-49-46-43-40-38-35-27-25-23-20-17-14-11-8-5-2/h7,10,12,15-16,19,24,26,29-30,58H,4-6,8-9,11,13-14,17-18,20-23,25,27-28,31-57H2,1-3H3/b10-7-,15-12-,19-16-,26-24-,30-29-. The van der Waals surface area contributed by atoms with Crippen LogP contribution in [0.5, 0.6) is 0 Å². The zero-order valence-electron chi connectivity index (χ0n) is 44.4. The van der Waals surface area contributed by atoms with Crippen LogP contribution in [0.4, 0.5) is 0 Å². The van der Waals surface area contributed by atoms with E-state index in [0.29, 0.717) is 19.3 Å². The van der Waals surface area contributed by atoms with Crippen molar-refractivity contribution in [2.75, 3.05) is 13.2 Å². The quantitative estimate of drug-likeness (QED) is 0.0262. The third kappa shape index (κ3) is 53.9.